The van der Waals surface area contributed by atoms with Crippen molar-refractivity contribution in [1.29, 1.82) is 0 Å². The fourth-order valence-corrected chi connectivity index (χ4v) is 6.26. The van der Waals surface area contributed by atoms with Gasteiger partial charge < -0.3 is 10.7 Å². The summed E-state index contributed by atoms with van der Waals surface area (Å²) < 4.78 is 39.4. The first-order valence-corrected chi connectivity index (χ1v) is 11.1. The number of fused-ring (bicyclic) bond motifs is 2. The summed E-state index contributed by atoms with van der Waals surface area (Å²) in [4.78, 5) is 31.9. The maximum absolute atomic E-state index is 13.1. The van der Waals surface area contributed by atoms with Gasteiger partial charge in [0.15, 0.2) is 5.43 Å². The molecule has 1 amide bonds. The Morgan fingerprint density at radius 2 is 1.77 bits per heavy atom. The zero-order valence-corrected chi connectivity index (χ0v) is 17.1. The largest absolute Gasteiger partial charge is 0.391 e. The van der Waals surface area contributed by atoms with E-state index in [0.717, 1.165) is 18.5 Å². The monoisotopic (exact) mass is 433 g/mol. The molecular formula is C23H26F3N3O2. The van der Waals surface area contributed by atoms with E-state index in [0.29, 0.717) is 30.2 Å². The lowest BCUT2D eigenvalue weighted by atomic mass is 9.65. The number of amides is 1. The van der Waals surface area contributed by atoms with Crippen LogP contribution >= 0.6 is 0 Å². The second-order valence-electron chi connectivity index (χ2n) is 9.69. The molecule has 3 aliphatic rings. The number of primary amides is 1. The average Bonchev–Trinajstić information content (AvgIpc) is 3.50. The van der Waals surface area contributed by atoms with E-state index in [4.69, 9.17) is 5.73 Å². The second-order valence-corrected chi connectivity index (χ2v) is 9.69. The predicted molar refractivity (Wildman–Crippen MR) is 109 cm³/mol. The van der Waals surface area contributed by atoms with Gasteiger partial charge in [0, 0.05) is 23.9 Å². The molecule has 3 saturated carbocycles. The van der Waals surface area contributed by atoms with Crippen molar-refractivity contribution in [2.45, 2.75) is 57.0 Å². The summed E-state index contributed by atoms with van der Waals surface area (Å²) in [5.41, 5.74) is 6.41. The quantitative estimate of drug-likeness (QED) is 0.746. The molecule has 2 heterocycles. The summed E-state index contributed by atoms with van der Waals surface area (Å²) in [6.07, 6.45) is 2.11. The second kappa shape index (κ2) is 7.35. The maximum Gasteiger partial charge on any atom is 0.391 e. The Morgan fingerprint density at radius 3 is 2.45 bits per heavy atom. The molecule has 3 unspecified atom stereocenters. The molecule has 166 valence electrons. The van der Waals surface area contributed by atoms with Crippen LogP contribution < -0.4 is 11.2 Å². The van der Waals surface area contributed by atoms with Crippen LogP contribution in [0.2, 0.25) is 0 Å². The zero-order chi connectivity index (χ0) is 21.9. The number of carbonyl (C=O) groups excluding carboxylic acids is 1. The molecule has 2 aromatic rings. The summed E-state index contributed by atoms with van der Waals surface area (Å²) >= 11 is 0. The van der Waals surface area contributed by atoms with Crippen LogP contribution in [0.3, 0.4) is 0 Å². The number of hydrogen-bond acceptors (Lipinski definition) is 3. The first-order valence-electron chi connectivity index (χ1n) is 11.1. The Labute approximate surface area is 177 Å². The van der Waals surface area contributed by atoms with Crippen LogP contribution in [-0.4, -0.2) is 22.1 Å². The van der Waals surface area contributed by atoms with Crippen LogP contribution in [0.25, 0.3) is 10.9 Å². The van der Waals surface area contributed by atoms with Crippen molar-refractivity contribution in [2.24, 2.45) is 35.3 Å². The number of alkyl halides is 3. The van der Waals surface area contributed by atoms with E-state index in [1.54, 1.807) is 12.1 Å². The smallest absolute Gasteiger partial charge is 0.364 e. The van der Waals surface area contributed by atoms with Crippen molar-refractivity contribution in [3.05, 3.63) is 39.9 Å². The molecule has 2 aromatic heterocycles. The Kier molecular flexibility index (Phi) is 4.86. The number of rotatable bonds is 3. The summed E-state index contributed by atoms with van der Waals surface area (Å²) in [5.74, 6) is 0.0521. The maximum atomic E-state index is 13.1. The Morgan fingerprint density at radius 1 is 1.06 bits per heavy atom. The highest BCUT2D eigenvalue weighted by molar-refractivity contribution is 6.03. The van der Waals surface area contributed by atoms with Gasteiger partial charge in [0.2, 0.25) is 0 Å². The van der Waals surface area contributed by atoms with Crippen molar-refractivity contribution in [3.63, 3.8) is 0 Å². The number of H-pyrrole nitrogens is 1. The Balaban J connectivity index is 1.46. The number of nitrogens with one attached hydrogen (secondary N) is 1. The highest BCUT2D eigenvalue weighted by atomic mass is 19.4. The zero-order valence-electron chi connectivity index (χ0n) is 17.1. The third kappa shape index (κ3) is 3.74. The fourth-order valence-electron chi connectivity index (χ4n) is 6.26. The Hall–Kier alpha value is -2.38. The van der Waals surface area contributed by atoms with Crippen LogP contribution in [0.15, 0.2) is 23.1 Å². The molecule has 0 aromatic carbocycles. The van der Waals surface area contributed by atoms with Gasteiger partial charge >= 0.3 is 6.18 Å². The third-order valence-corrected chi connectivity index (χ3v) is 7.95. The van der Waals surface area contributed by atoms with E-state index in [1.807, 2.05) is 0 Å². The van der Waals surface area contributed by atoms with Crippen LogP contribution in [0.4, 0.5) is 13.2 Å². The van der Waals surface area contributed by atoms with Gasteiger partial charge in [-0.1, -0.05) is 0 Å². The van der Waals surface area contributed by atoms with Gasteiger partial charge in [-0.3, -0.25) is 14.6 Å². The van der Waals surface area contributed by atoms with Crippen molar-refractivity contribution in [2.75, 3.05) is 0 Å². The van der Waals surface area contributed by atoms with Gasteiger partial charge in [-0.25, -0.2) is 0 Å². The molecule has 3 fully saturated rings. The molecule has 0 saturated heterocycles. The number of halogens is 3. The van der Waals surface area contributed by atoms with Crippen molar-refractivity contribution in [1.82, 2.24) is 9.97 Å². The van der Waals surface area contributed by atoms with Crippen molar-refractivity contribution >= 4 is 16.8 Å². The van der Waals surface area contributed by atoms with Gasteiger partial charge in [-0.15, -0.1) is 0 Å². The predicted octanol–water partition coefficient (Wildman–Crippen LogP) is 4.52. The van der Waals surface area contributed by atoms with Crippen LogP contribution in [-0.2, 0) is 0 Å². The molecule has 8 heteroatoms. The average molecular weight is 433 g/mol. The summed E-state index contributed by atoms with van der Waals surface area (Å²) in [6, 6.07) is 3.22. The van der Waals surface area contributed by atoms with E-state index < -0.39 is 18.0 Å². The number of aromatic amines is 1. The molecule has 3 aliphatic carbocycles. The number of carbonyl (C=O) groups is 1. The summed E-state index contributed by atoms with van der Waals surface area (Å²) in [5, 5.41) is 0.195. The molecule has 5 nitrogen and oxygen atoms in total. The summed E-state index contributed by atoms with van der Waals surface area (Å²) in [7, 11) is 0. The number of nitrogens with two attached hydrogens (primary N) is 1. The standard InChI is InChI=1S/C23H26F3N3O2/c24-23(25,26)14-3-1-11(2-4-14)15-8-12-7-13(12)9-16(15)18-10-19(30)20-17(29-18)5-6-28-21(20)22(27)31/h5-6,10-16H,1-4,7-9H2,(H2,27,31)(H,29,30)/t11?,12?,13?,14?,15?,16-/m1/s1. The molecular weight excluding hydrogens is 407 g/mol. The van der Waals surface area contributed by atoms with Gasteiger partial charge in [0.05, 0.1) is 16.8 Å². The van der Waals surface area contributed by atoms with Crippen molar-refractivity contribution < 1.29 is 18.0 Å². The molecule has 3 N–H and O–H groups in total. The van der Waals surface area contributed by atoms with E-state index in [1.165, 1.54) is 12.6 Å². The number of hydrogen-bond donors (Lipinski definition) is 2. The minimum atomic E-state index is -4.10. The van der Waals surface area contributed by atoms with E-state index in [2.05, 4.69) is 9.97 Å². The first-order chi connectivity index (χ1) is 14.7. The minimum Gasteiger partial charge on any atom is -0.364 e. The SMILES string of the molecule is NC(=O)c1nccc2[nH]c([C@@H]3CC4CC4CC3C3CCC(C(F)(F)F)CC3)cc(=O)c12. The molecule has 5 rings (SSSR count). The van der Waals surface area contributed by atoms with Gasteiger partial charge in [-0.05, 0) is 74.7 Å². The molecule has 31 heavy (non-hydrogen) atoms. The highest BCUT2D eigenvalue weighted by Crippen LogP contribution is 2.59. The van der Waals surface area contributed by atoms with Crippen LogP contribution in [0.5, 0.6) is 0 Å². The lowest BCUT2D eigenvalue weighted by molar-refractivity contribution is -0.185. The fraction of sp³-hybridized carbons (Fsp3) is 0.609. The first kappa shape index (κ1) is 20.5. The van der Waals surface area contributed by atoms with E-state index in [-0.39, 0.29) is 47.1 Å². The normalized spacial score (nSPS) is 33.1. The topological polar surface area (TPSA) is 88.8 Å². The van der Waals surface area contributed by atoms with E-state index in [9.17, 15) is 22.8 Å². The number of nitrogens with zero attached hydrogens (tertiary/aromatic N) is 1. The summed E-state index contributed by atoms with van der Waals surface area (Å²) in [6.45, 7) is 0. The Bertz CT molecular complexity index is 1070. The molecule has 0 bridgehead atoms. The van der Waals surface area contributed by atoms with Crippen LogP contribution in [0, 0.1) is 29.6 Å². The van der Waals surface area contributed by atoms with Gasteiger partial charge in [0.25, 0.3) is 5.91 Å². The van der Waals surface area contributed by atoms with E-state index >= 15 is 0 Å². The molecule has 0 radical (unpaired) electrons. The van der Waals surface area contributed by atoms with Gasteiger partial charge in [-0.2, -0.15) is 13.2 Å². The third-order valence-electron chi connectivity index (χ3n) is 7.95. The lowest BCUT2D eigenvalue weighted by Crippen LogP contribution is -2.34. The number of aromatic nitrogens is 2. The molecule has 0 spiro atoms. The molecule has 4 atom stereocenters. The number of pyridine rings is 2. The molecule has 0 aliphatic heterocycles. The van der Waals surface area contributed by atoms with Crippen molar-refractivity contribution in [3.8, 4) is 0 Å². The lowest BCUT2D eigenvalue weighted by Gasteiger charge is -2.40. The van der Waals surface area contributed by atoms with Crippen LogP contribution in [0.1, 0.15) is 67.0 Å². The highest BCUT2D eigenvalue weighted by Gasteiger charge is 2.50. The minimum absolute atomic E-state index is 0.0433. The van der Waals surface area contributed by atoms with Gasteiger partial charge in [0.1, 0.15) is 5.69 Å².